The van der Waals surface area contributed by atoms with Gasteiger partial charge in [0.2, 0.25) is 0 Å². The normalized spacial score (nSPS) is 10.6. The van der Waals surface area contributed by atoms with Gasteiger partial charge in [-0.3, -0.25) is 0 Å². The van der Waals surface area contributed by atoms with Crippen LogP contribution in [0.2, 0.25) is 5.02 Å². The van der Waals surface area contributed by atoms with Gasteiger partial charge in [-0.05, 0) is 40.8 Å². The molecule has 0 radical (unpaired) electrons. The van der Waals surface area contributed by atoms with Crippen LogP contribution in [0, 0.1) is 3.57 Å². The van der Waals surface area contributed by atoms with E-state index in [2.05, 4.69) is 27.6 Å². The summed E-state index contributed by atoms with van der Waals surface area (Å²) < 4.78 is 3.01. The Balaban J connectivity index is 2.54. The average molecular weight is 334 g/mol. The second-order valence-electron chi connectivity index (χ2n) is 3.05. The first-order valence-corrected chi connectivity index (χ1v) is 5.84. The van der Waals surface area contributed by atoms with Crippen molar-refractivity contribution in [2.75, 3.05) is 0 Å². The Labute approximate surface area is 106 Å². The van der Waals surface area contributed by atoms with E-state index in [9.17, 15) is 0 Å². The zero-order valence-electron chi connectivity index (χ0n) is 7.82. The minimum Gasteiger partial charge on any atom is -0.325 e. The van der Waals surface area contributed by atoms with Crippen LogP contribution in [0.3, 0.4) is 0 Å². The number of hydrogen-bond acceptors (Lipinski definition) is 2. The van der Waals surface area contributed by atoms with E-state index < -0.39 is 0 Å². The molecule has 0 amide bonds. The fourth-order valence-electron chi connectivity index (χ4n) is 1.37. The molecule has 2 rings (SSSR count). The highest BCUT2D eigenvalue weighted by Crippen LogP contribution is 2.23. The summed E-state index contributed by atoms with van der Waals surface area (Å²) in [6.45, 7) is 0.447. The van der Waals surface area contributed by atoms with E-state index in [-0.39, 0.29) is 0 Å². The number of hydrogen-bond donors (Lipinski definition) is 1. The van der Waals surface area contributed by atoms with Gasteiger partial charge in [0.1, 0.15) is 0 Å². The summed E-state index contributed by atoms with van der Waals surface area (Å²) in [6, 6.07) is 5.88. The van der Waals surface area contributed by atoms with Crippen LogP contribution in [0.25, 0.3) is 5.69 Å². The Kier molecular flexibility index (Phi) is 3.28. The predicted molar refractivity (Wildman–Crippen MR) is 69.2 cm³/mol. The number of halogens is 2. The molecular weight excluding hydrogens is 324 g/mol. The molecule has 0 fully saturated rings. The maximum Gasteiger partial charge on any atom is 0.0995 e. The van der Waals surface area contributed by atoms with E-state index >= 15 is 0 Å². The zero-order chi connectivity index (χ0) is 10.8. The maximum absolute atomic E-state index is 6.16. The Morgan fingerprint density at radius 1 is 1.47 bits per heavy atom. The van der Waals surface area contributed by atoms with Crippen LogP contribution >= 0.6 is 34.2 Å². The monoisotopic (exact) mass is 333 g/mol. The maximum atomic E-state index is 6.16. The number of nitrogens with two attached hydrogens (primary N) is 1. The molecule has 15 heavy (non-hydrogen) atoms. The van der Waals surface area contributed by atoms with Crippen molar-refractivity contribution in [1.29, 1.82) is 0 Å². The summed E-state index contributed by atoms with van der Waals surface area (Å²) in [5.41, 5.74) is 7.46. The highest BCUT2D eigenvalue weighted by atomic mass is 127. The molecule has 0 aliphatic rings. The lowest BCUT2D eigenvalue weighted by Gasteiger charge is -2.08. The molecule has 0 aliphatic heterocycles. The Bertz CT molecular complexity index is 481. The third-order valence-electron chi connectivity index (χ3n) is 2.09. The van der Waals surface area contributed by atoms with Gasteiger partial charge >= 0.3 is 0 Å². The summed E-state index contributed by atoms with van der Waals surface area (Å²) in [5, 5.41) is 0.703. The van der Waals surface area contributed by atoms with Gasteiger partial charge in [0.15, 0.2) is 0 Å². The number of nitrogens with zero attached hydrogens (tertiary/aromatic N) is 2. The first kappa shape index (κ1) is 10.9. The second kappa shape index (κ2) is 4.51. The van der Waals surface area contributed by atoms with E-state index in [0.29, 0.717) is 11.6 Å². The lowest BCUT2D eigenvalue weighted by Crippen LogP contribution is -2.04. The molecule has 3 nitrogen and oxygen atoms in total. The van der Waals surface area contributed by atoms with Crippen molar-refractivity contribution >= 4 is 34.2 Å². The Morgan fingerprint density at radius 3 is 2.93 bits per heavy atom. The van der Waals surface area contributed by atoms with Crippen molar-refractivity contribution in [3.05, 3.63) is 45.0 Å². The number of benzene rings is 1. The zero-order valence-corrected chi connectivity index (χ0v) is 10.7. The topological polar surface area (TPSA) is 43.8 Å². The van der Waals surface area contributed by atoms with Gasteiger partial charge in [-0.1, -0.05) is 11.6 Å². The molecule has 2 aromatic rings. The number of rotatable bonds is 2. The molecule has 1 aromatic carbocycles. The highest BCUT2D eigenvalue weighted by molar-refractivity contribution is 14.1. The third kappa shape index (κ3) is 2.16. The fourth-order valence-corrected chi connectivity index (χ4v) is 2.31. The van der Waals surface area contributed by atoms with Crippen LogP contribution in [0.5, 0.6) is 0 Å². The van der Waals surface area contributed by atoms with Gasteiger partial charge in [0, 0.05) is 16.3 Å². The molecule has 1 heterocycles. The number of imidazole rings is 1. The molecule has 0 saturated heterocycles. The molecule has 0 saturated carbocycles. The first-order chi connectivity index (χ1) is 7.22. The van der Waals surface area contributed by atoms with Crippen LogP contribution in [0.4, 0.5) is 0 Å². The fraction of sp³-hybridized carbons (Fsp3) is 0.100. The van der Waals surface area contributed by atoms with E-state index in [1.54, 1.807) is 12.5 Å². The van der Waals surface area contributed by atoms with Crippen molar-refractivity contribution in [1.82, 2.24) is 9.55 Å². The minimum absolute atomic E-state index is 0.447. The smallest absolute Gasteiger partial charge is 0.0995 e. The largest absolute Gasteiger partial charge is 0.325 e. The van der Waals surface area contributed by atoms with E-state index in [0.717, 1.165) is 15.0 Å². The predicted octanol–water partition coefficient (Wildman–Crippen LogP) is 2.59. The van der Waals surface area contributed by atoms with Gasteiger partial charge in [-0.15, -0.1) is 0 Å². The molecule has 0 aliphatic carbocycles. The number of aromatic nitrogens is 2. The molecule has 0 atom stereocenters. The van der Waals surface area contributed by atoms with Crippen molar-refractivity contribution in [3.63, 3.8) is 0 Å². The van der Waals surface area contributed by atoms with Gasteiger partial charge in [0.25, 0.3) is 0 Å². The van der Waals surface area contributed by atoms with Crippen molar-refractivity contribution in [2.24, 2.45) is 5.73 Å². The molecule has 0 bridgehead atoms. The van der Waals surface area contributed by atoms with E-state index in [1.165, 1.54) is 0 Å². The lowest BCUT2D eigenvalue weighted by atomic mass is 10.3. The summed E-state index contributed by atoms with van der Waals surface area (Å²) in [4.78, 5) is 4.06. The standard InChI is InChI=1S/C10H9ClIN3/c11-9-3-7(12)1-2-10(9)15-6-14-5-8(15)4-13/h1-3,5-6H,4,13H2. The summed E-state index contributed by atoms with van der Waals surface area (Å²) in [5.74, 6) is 0. The van der Waals surface area contributed by atoms with Crippen LogP contribution < -0.4 is 5.73 Å². The third-order valence-corrected chi connectivity index (χ3v) is 3.07. The molecule has 1 aromatic heterocycles. The van der Waals surface area contributed by atoms with Crippen LogP contribution in [-0.2, 0) is 6.54 Å². The van der Waals surface area contributed by atoms with Gasteiger partial charge < -0.3 is 10.3 Å². The van der Waals surface area contributed by atoms with Crippen LogP contribution in [-0.4, -0.2) is 9.55 Å². The van der Waals surface area contributed by atoms with Gasteiger partial charge in [-0.25, -0.2) is 4.98 Å². The second-order valence-corrected chi connectivity index (χ2v) is 4.71. The van der Waals surface area contributed by atoms with Crippen molar-refractivity contribution in [2.45, 2.75) is 6.54 Å². The molecule has 0 spiro atoms. The van der Waals surface area contributed by atoms with E-state index in [1.807, 2.05) is 22.8 Å². The van der Waals surface area contributed by atoms with Crippen molar-refractivity contribution < 1.29 is 0 Å². The Morgan fingerprint density at radius 2 is 2.27 bits per heavy atom. The molecule has 5 heteroatoms. The van der Waals surface area contributed by atoms with E-state index in [4.69, 9.17) is 17.3 Å². The first-order valence-electron chi connectivity index (χ1n) is 4.39. The molecule has 0 unspecified atom stereocenters. The van der Waals surface area contributed by atoms with Crippen molar-refractivity contribution in [3.8, 4) is 5.69 Å². The minimum atomic E-state index is 0.447. The van der Waals surface area contributed by atoms with Gasteiger partial charge in [0.05, 0.1) is 22.7 Å². The highest BCUT2D eigenvalue weighted by Gasteiger charge is 2.06. The molecule has 2 N–H and O–H groups in total. The molecule has 78 valence electrons. The quantitative estimate of drug-likeness (QED) is 0.859. The Hall–Kier alpha value is -0.590. The summed E-state index contributed by atoms with van der Waals surface area (Å²) in [6.07, 6.45) is 3.46. The lowest BCUT2D eigenvalue weighted by molar-refractivity contribution is 0.910. The SMILES string of the molecule is NCc1cncn1-c1ccc(I)cc1Cl. The summed E-state index contributed by atoms with van der Waals surface area (Å²) in [7, 11) is 0. The molecular formula is C10H9ClIN3. The average Bonchev–Trinajstić information content (AvgIpc) is 2.65. The van der Waals surface area contributed by atoms with Crippen LogP contribution in [0.15, 0.2) is 30.7 Å². The van der Waals surface area contributed by atoms with Gasteiger partial charge in [-0.2, -0.15) is 0 Å². The summed E-state index contributed by atoms with van der Waals surface area (Å²) >= 11 is 8.38. The van der Waals surface area contributed by atoms with Crippen LogP contribution in [0.1, 0.15) is 5.69 Å².